The number of nitrogens with zero attached hydrogens (tertiary/aromatic N) is 1. The van der Waals surface area contributed by atoms with Crippen molar-refractivity contribution in [1.29, 1.82) is 0 Å². The van der Waals surface area contributed by atoms with Crippen LogP contribution < -0.4 is 0 Å². The third-order valence-electron chi connectivity index (χ3n) is 1.47. The second kappa shape index (κ2) is 7.41. The van der Waals surface area contributed by atoms with Crippen molar-refractivity contribution in [3.05, 3.63) is 0 Å². The predicted octanol–water partition coefficient (Wildman–Crippen LogP) is 2.52. The van der Waals surface area contributed by atoms with Gasteiger partial charge in [-0.1, -0.05) is 0 Å². The van der Waals surface area contributed by atoms with E-state index in [9.17, 15) is 4.57 Å². The Bertz CT molecular complexity index is 217. The highest BCUT2D eigenvalue weighted by Crippen LogP contribution is 2.51. The number of hydrogen-bond acceptors (Lipinski definition) is 5. The van der Waals surface area contributed by atoms with Crippen molar-refractivity contribution in [2.75, 3.05) is 27.2 Å². The van der Waals surface area contributed by atoms with Crippen LogP contribution in [0.5, 0.6) is 0 Å². The van der Waals surface area contributed by atoms with Gasteiger partial charge in [-0.15, -0.1) is 0 Å². The Kier molecular flexibility index (Phi) is 7.44. The van der Waals surface area contributed by atoms with Gasteiger partial charge in [0, 0.05) is 6.54 Å². The van der Waals surface area contributed by atoms with Crippen LogP contribution >= 0.6 is 7.82 Å². The lowest BCUT2D eigenvalue weighted by atomic mass is 10.5. The van der Waals surface area contributed by atoms with Crippen LogP contribution in [0.1, 0.15) is 27.7 Å². The maximum atomic E-state index is 12.1. The molecule has 0 fully saturated rings. The minimum atomic E-state index is -3.41. The zero-order valence-electron chi connectivity index (χ0n) is 11.1. The minimum absolute atomic E-state index is 0.191. The Balaban J connectivity index is 4.25. The van der Waals surface area contributed by atoms with E-state index in [0.29, 0.717) is 13.2 Å². The van der Waals surface area contributed by atoms with Crippen LogP contribution in [0, 0.1) is 0 Å². The molecule has 0 bridgehead atoms. The summed E-state index contributed by atoms with van der Waals surface area (Å²) in [5.41, 5.74) is 0. The summed E-state index contributed by atoms with van der Waals surface area (Å²) < 4.78 is 27.8. The lowest BCUT2D eigenvalue weighted by Gasteiger charge is -2.22. The topological polar surface area (TPSA) is 48.0 Å². The molecule has 0 heterocycles. The van der Waals surface area contributed by atoms with Gasteiger partial charge in [0.05, 0.1) is 18.8 Å². The maximum Gasteiger partial charge on any atom is 0.475 e. The molecular weight excluding hydrogens is 229 g/mol. The highest BCUT2D eigenvalue weighted by Gasteiger charge is 2.29. The molecule has 0 atom stereocenters. The van der Waals surface area contributed by atoms with Crippen LogP contribution in [0.15, 0.2) is 0 Å². The van der Waals surface area contributed by atoms with E-state index in [1.165, 1.54) is 0 Å². The highest BCUT2D eigenvalue weighted by molar-refractivity contribution is 7.48. The molecule has 0 radical (unpaired) electrons. The van der Waals surface area contributed by atoms with Gasteiger partial charge in [-0.05, 0) is 41.8 Å². The second-order valence-corrected chi connectivity index (χ2v) is 5.97. The van der Waals surface area contributed by atoms with E-state index in [1.54, 1.807) is 27.7 Å². The van der Waals surface area contributed by atoms with Crippen LogP contribution in [0.4, 0.5) is 0 Å². The third kappa shape index (κ3) is 8.25. The van der Waals surface area contributed by atoms with Crippen molar-refractivity contribution in [2.45, 2.75) is 39.9 Å². The van der Waals surface area contributed by atoms with Crippen LogP contribution in [0.3, 0.4) is 0 Å². The number of hydrogen-bond donors (Lipinski definition) is 0. The van der Waals surface area contributed by atoms with Crippen molar-refractivity contribution >= 4 is 7.82 Å². The zero-order valence-corrected chi connectivity index (χ0v) is 12.0. The standard InChI is InChI=1S/C10H24NO4P/c1-9(2)14-16(12,15-10(3)4)13-8-7-11(5)6/h9-10H,7-8H2,1-6H3. The second-order valence-electron chi connectivity index (χ2n) is 4.39. The number of rotatable bonds is 8. The first-order valence-electron chi connectivity index (χ1n) is 5.51. The van der Waals surface area contributed by atoms with Gasteiger partial charge in [-0.25, -0.2) is 4.57 Å². The molecule has 0 amide bonds. The van der Waals surface area contributed by atoms with Gasteiger partial charge >= 0.3 is 7.82 Å². The van der Waals surface area contributed by atoms with Crippen molar-refractivity contribution in [3.8, 4) is 0 Å². The Morgan fingerprint density at radius 3 is 1.81 bits per heavy atom. The minimum Gasteiger partial charge on any atom is -0.307 e. The molecular formula is C10H24NO4P. The lowest BCUT2D eigenvalue weighted by Crippen LogP contribution is -2.19. The fourth-order valence-electron chi connectivity index (χ4n) is 0.937. The van der Waals surface area contributed by atoms with E-state index in [2.05, 4.69) is 0 Å². The summed E-state index contributed by atoms with van der Waals surface area (Å²) in [7, 11) is 0.421. The van der Waals surface area contributed by atoms with Crippen molar-refractivity contribution in [1.82, 2.24) is 4.90 Å². The smallest absolute Gasteiger partial charge is 0.307 e. The Hall–Kier alpha value is 0.0700. The van der Waals surface area contributed by atoms with E-state index in [0.717, 1.165) is 0 Å². The molecule has 6 heteroatoms. The predicted molar refractivity (Wildman–Crippen MR) is 64.6 cm³/mol. The van der Waals surface area contributed by atoms with Crippen LogP contribution in [0.25, 0.3) is 0 Å². The summed E-state index contributed by atoms with van der Waals surface area (Å²) >= 11 is 0. The van der Waals surface area contributed by atoms with Crippen LogP contribution in [-0.2, 0) is 18.1 Å². The molecule has 0 N–H and O–H groups in total. The zero-order chi connectivity index (χ0) is 12.8. The van der Waals surface area contributed by atoms with Gasteiger partial charge in [0.1, 0.15) is 0 Å². The Morgan fingerprint density at radius 1 is 1.06 bits per heavy atom. The molecule has 0 aliphatic rings. The Labute approximate surface area is 98.7 Å². The van der Waals surface area contributed by atoms with Crippen molar-refractivity contribution < 1.29 is 18.1 Å². The lowest BCUT2D eigenvalue weighted by molar-refractivity contribution is 0.0689. The summed E-state index contributed by atoms with van der Waals surface area (Å²) in [6.45, 7) is 8.19. The van der Waals surface area contributed by atoms with Crippen molar-refractivity contribution in [2.24, 2.45) is 0 Å². The number of phosphoric acid groups is 1. The summed E-state index contributed by atoms with van der Waals surface area (Å²) in [4.78, 5) is 1.94. The monoisotopic (exact) mass is 253 g/mol. The van der Waals surface area contributed by atoms with Gasteiger partial charge in [-0.3, -0.25) is 13.6 Å². The largest absolute Gasteiger partial charge is 0.475 e. The molecule has 0 aliphatic carbocycles. The molecule has 0 saturated heterocycles. The number of likely N-dealkylation sites (N-methyl/N-ethyl adjacent to an activating group) is 1. The van der Waals surface area contributed by atoms with Crippen LogP contribution in [-0.4, -0.2) is 44.4 Å². The summed E-state index contributed by atoms with van der Waals surface area (Å²) in [6, 6.07) is 0. The van der Waals surface area contributed by atoms with Gasteiger partial charge in [0.15, 0.2) is 0 Å². The first kappa shape index (κ1) is 16.1. The fourth-order valence-corrected chi connectivity index (χ4v) is 2.45. The van der Waals surface area contributed by atoms with E-state index >= 15 is 0 Å². The molecule has 0 aromatic carbocycles. The molecule has 0 rings (SSSR count). The first-order valence-corrected chi connectivity index (χ1v) is 6.97. The van der Waals surface area contributed by atoms with E-state index in [1.807, 2.05) is 19.0 Å². The highest BCUT2D eigenvalue weighted by atomic mass is 31.2. The molecule has 0 aromatic heterocycles. The van der Waals surface area contributed by atoms with Crippen molar-refractivity contribution in [3.63, 3.8) is 0 Å². The van der Waals surface area contributed by atoms with E-state index in [4.69, 9.17) is 13.6 Å². The molecule has 0 aliphatic heterocycles. The van der Waals surface area contributed by atoms with Gasteiger partial charge in [0.2, 0.25) is 0 Å². The summed E-state index contributed by atoms with van der Waals surface area (Å²) in [6.07, 6.45) is -0.382. The number of phosphoric ester groups is 1. The summed E-state index contributed by atoms with van der Waals surface area (Å²) in [5.74, 6) is 0. The molecule has 0 unspecified atom stereocenters. The molecule has 0 aromatic rings. The molecule has 0 saturated carbocycles. The normalized spacial score (nSPS) is 13.1. The average Bonchev–Trinajstić information content (AvgIpc) is 1.98. The quantitative estimate of drug-likeness (QED) is 0.622. The summed E-state index contributed by atoms with van der Waals surface area (Å²) in [5, 5.41) is 0. The molecule has 98 valence electrons. The maximum absolute atomic E-state index is 12.1. The third-order valence-corrected chi connectivity index (χ3v) is 3.33. The van der Waals surface area contributed by atoms with Crippen LogP contribution in [0.2, 0.25) is 0 Å². The molecule has 0 spiro atoms. The first-order chi connectivity index (χ1) is 7.25. The van der Waals surface area contributed by atoms with Gasteiger partial charge in [-0.2, -0.15) is 0 Å². The van der Waals surface area contributed by atoms with Gasteiger partial charge < -0.3 is 4.90 Å². The SMILES string of the molecule is CC(C)OP(=O)(OCCN(C)C)OC(C)C. The van der Waals surface area contributed by atoms with Gasteiger partial charge in [0.25, 0.3) is 0 Å². The molecule has 5 nitrogen and oxygen atoms in total. The Morgan fingerprint density at radius 2 is 1.50 bits per heavy atom. The van der Waals surface area contributed by atoms with E-state index < -0.39 is 7.82 Å². The fraction of sp³-hybridized carbons (Fsp3) is 1.00. The van der Waals surface area contributed by atoms with E-state index in [-0.39, 0.29) is 12.2 Å². The average molecular weight is 253 g/mol. The molecule has 16 heavy (non-hydrogen) atoms.